The van der Waals surface area contributed by atoms with Crippen LogP contribution in [0.4, 0.5) is 4.39 Å². The van der Waals surface area contributed by atoms with E-state index in [9.17, 15) is 9.18 Å². The zero-order chi connectivity index (χ0) is 21.1. The molecule has 0 radical (unpaired) electrons. The molecule has 29 heavy (non-hydrogen) atoms. The summed E-state index contributed by atoms with van der Waals surface area (Å²) >= 11 is 6.37. The van der Waals surface area contributed by atoms with Crippen molar-refractivity contribution in [2.45, 2.75) is 46.3 Å². The third kappa shape index (κ3) is 4.73. The van der Waals surface area contributed by atoms with Crippen molar-refractivity contribution < 1.29 is 19.0 Å². The predicted octanol–water partition coefficient (Wildman–Crippen LogP) is 6.25. The van der Waals surface area contributed by atoms with Crippen molar-refractivity contribution in [3.8, 4) is 5.75 Å². The lowest BCUT2D eigenvalue weighted by molar-refractivity contribution is -0.141. The van der Waals surface area contributed by atoms with Crippen LogP contribution in [0.3, 0.4) is 0 Å². The molecule has 1 aromatic heterocycles. The summed E-state index contributed by atoms with van der Waals surface area (Å²) in [5.41, 5.74) is 2.38. The summed E-state index contributed by atoms with van der Waals surface area (Å²) in [4.78, 5) is 11.2. The second-order valence-corrected chi connectivity index (χ2v) is 7.93. The van der Waals surface area contributed by atoms with Gasteiger partial charge in [0.1, 0.15) is 18.2 Å². The van der Waals surface area contributed by atoms with Gasteiger partial charge in [-0.05, 0) is 56.0 Å². The van der Waals surface area contributed by atoms with E-state index in [2.05, 4.69) is 18.4 Å². The topological polar surface area (TPSA) is 51.5 Å². The van der Waals surface area contributed by atoms with E-state index in [1.807, 2.05) is 24.4 Å². The minimum Gasteiger partial charge on any atom is -0.489 e. The summed E-state index contributed by atoms with van der Waals surface area (Å²) in [6.45, 7) is 6.27. The SMILES string of the molecule is CCC(Cc1ccc(OCc2ccc3c(c2)c(Cl)cn3C(C)C)cc1F)C(=O)O. The fourth-order valence-electron chi connectivity index (χ4n) is 3.40. The summed E-state index contributed by atoms with van der Waals surface area (Å²) in [7, 11) is 0. The van der Waals surface area contributed by atoms with Crippen LogP contribution in [-0.4, -0.2) is 15.6 Å². The van der Waals surface area contributed by atoms with E-state index < -0.39 is 17.7 Å². The molecule has 3 rings (SSSR count). The molecule has 1 unspecified atom stereocenters. The second-order valence-electron chi connectivity index (χ2n) is 7.52. The van der Waals surface area contributed by atoms with Gasteiger partial charge in [0, 0.05) is 29.2 Å². The first-order chi connectivity index (χ1) is 13.8. The minimum atomic E-state index is -0.910. The summed E-state index contributed by atoms with van der Waals surface area (Å²) < 4.78 is 22.2. The number of ether oxygens (including phenoxy) is 1. The van der Waals surface area contributed by atoms with Crippen LogP contribution in [0, 0.1) is 11.7 Å². The average molecular weight is 418 g/mol. The number of benzene rings is 2. The van der Waals surface area contributed by atoms with Crippen LogP contribution in [0.5, 0.6) is 5.75 Å². The number of carboxylic acid groups (broad SMARTS) is 1. The first-order valence-corrected chi connectivity index (χ1v) is 10.1. The van der Waals surface area contributed by atoms with Crippen molar-refractivity contribution in [2.75, 3.05) is 0 Å². The Labute approximate surface area is 174 Å². The second kappa shape index (κ2) is 8.87. The summed E-state index contributed by atoms with van der Waals surface area (Å²) in [5, 5.41) is 10.8. The summed E-state index contributed by atoms with van der Waals surface area (Å²) in [6.07, 6.45) is 2.55. The van der Waals surface area contributed by atoms with Crippen molar-refractivity contribution in [2.24, 2.45) is 5.92 Å². The molecule has 0 fully saturated rings. The van der Waals surface area contributed by atoms with Gasteiger partial charge in [0.25, 0.3) is 0 Å². The Hall–Kier alpha value is -2.53. The maximum absolute atomic E-state index is 14.4. The van der Waals surface area contributed by atoms with Gasteiger partial charge < -0.3 is 14.4 Å². The monoisotopic (exact) mass is 417 g/mol. The Morgan fingerprint density at radius 3 is 2.62 bits per heavy atom. The van der Waals surface area contributed by atoms with Gasteiger partial charge in [-0.2, -0.15) is 0 Å². The maximum Gasteiger partial charge on any atom is 0.306 e. The van der Waals surface area contributed by atoms with Gasteiger partial charge in [0.05, 0.1) is 10.9 Å². The molecule has 0 saturated heterocycles. The number of hydrogen-bond donors (Lipinski definition) is 1. The Bertz CT molecular complexity index is 1030. The van der Waals surface area contributed by atoms with Gasteiger partial charge in [-0.1, -0.05) is 30.7 Å². The van der Waals surface area contributed by atoms with Crippen LogP contribution >= 0.6 is 11.6 Å². The van der Waals surface area contributed by atoms with Gasteiger partial charge in [-0.15, -0.1) is 0 Å². The highest BCUT2D eigenvalue weighted by Crippen LogP contribution is 2.30. The zero-order valence-electron chi connectivity index (χ0n) is 16.8. The minimum absolute atomic E-state index is 0.167. The maximum atomic E-state index is 14.4. The molecule has 4 nitrogen and oxygen atoms in total. The quantitative estimate of drug-likeness (QED) is 0.471. The first-order valence-electron chi connectivity index (χ1n) is 9.73. The van der Waals surface area contributed by atoms with Gasteiger partial charge in [-0.3, -0.25) is 4.79 Å². The molecule has 0 saturated carbocycles. The molecule has 2 aromatic carbocycles. The van der Waals surface area contributed by atoms with Crippen LogP contribution in [0.15, 0.2) is 42.6 Å². The number of rotatable bonds is 8. The van der Waals surface area contributed by atoms with Gasteiger partial charge in [0.15, 0.2) is 0 Å². The van der Waals surface area contributed by atoms with Gasteiger partial charge in [-0.25, -0.2) is 4.39 Å². The molecule has 6 heteroatoms. The number of nitrogens with zero attached hydrogens (tertiary/aromatic N) is 1. The lowest BCUT2D eigenvalue weighted by atomic mass is 9.97. The zero-order valence-corrected chi connectivity index (χ0v) is 17.5. The standard InChI is InChI=1S/C23H25ClFNO3/c1-4-16(23(27)28)10-17-6-7-18(11-21(17)25)29-13-15-5-8-22-19(9-15)20(24)12-26(22)14(2)3/h5-9,11-12,14,16H,4,10,13H2,1-3H3,(H,27,28). The molecule has 0 aliphatic heterocycles. The van der Waals surface area contributed by atoms with Gasteiger partial charge in [0.2, 0.25) is 0 Å². The number of fused-ring (bicyclic) bond motifs is 1. The first kappa shape index (κ1) is 21.2. The highest BCUT2D eigenvalue weighted by molar-refractivity contribution is 6.35. The molecule has 1 N–H and O–H groups in total. The molecule has 1 heterocycles. The fraction of sp³-hybridized carbons (Fsp3) is 0.348. The van der Waals surface area contributed by atoms with Crippen LogP contribution in [0.25, 0.3) is 10.9 Å². The van der Waals surface area contributed by atoms with E-state index in [4.69, 9.17) is 21.4 Å². The lowest BCUT2D eigenvalue weighted by Crippen LogP contribution is -2.16. The van der Waals surface area contributed by atoms with Crippen molar-refractivity contribution in [3.05, 3.63) is 64.6 Å². The normalized spacial score (nSPS) is 12.5. The van der Waals surface area contributed by atoms with Crippen molar-refractivity contribution in [3.63, 3.8) is 0 Å². The predicted molar refractivity (Wildman–Crippen MR) is 113 cm³/mol. The molecule has 3 aromatic rings. The summed E-state index contributed by atoms with van der Waals surface area (Å²) in [5.74, 6) is -1.55. The van der Waals surface area contributed by atoms with Gasteiger partial charge >= 0.3 is 5.97 Å². The van der Waals surface area contributed by atoms with E-state index in [-0.39, 0.29) is 13.0 Å². The Morgan fingerprint density at radius 1 is 1.24 bits per heavy atom. The molecule has 0 amide bonds. The molecule has 0 aliphatic carbocycles. The fourth-order valence-corrected chi connectivity index (χ4v) is 3.66. The number of aliphatic carboxylic acids is 1. The lowest BCUT2D eigenvalue weighted by Gasteiger charge is -2.12. The third-order valence-electron chi connectivity index (χ3n) is 5.14. The smallest absolute Gasteiger partial charge is 0.306 e. The number of aromatic nitrogens is 1. The molecule has 0 bridgehead atoms. The van der Waals surface area contributed by atoms with E-state index in [1.165, 1.54) is 6.07 Å². The Kier molecular flexibility index (Phi) is 6.48. The number of carbonyl (C=O) groups is 1. The highest BCUT2D eigenvalue weighted by Gasteiger charge is 2.18. The van der Waals surface area contributed by atoms with Crippen LogP contribution < -0.4 is 4.74 Å². The molecule has 154 valence electrons. The van der Waals surface area contributed by atoms with Crippen LogP contribution in [-0.2, 0) is 17.8 Å². The van der Waals surface area contributed by atoms with Crippen molar-refractivity contribution in [1.82, 2.24) is 4.57 Å². The van der Waals surface area contributed by atoms with Crippen LogP contribution in [0.2, 0.25) is 5.02 Å². The largest absolute Gasteiger partial charge is 0.489 e. The van der Waals surface area contributed by atoms with Crippen LogP contribution in [0.1, 0.15) is 44.4 Å². The number of carboxylic acids is 1. The summed E-state index contributed by atoms with van der Waals surface area (Å²) in [6, 6.07) is 10.9. The van der Waals surface area contributed by atoms with E-state index in [0.717, 1.165) is 16.5 Å². The number of hydrogen-bond acceptors (Lipinski definition) is 2. The van der Waals surface area contributed by atoms with E-state index in [1.54, 1.807) is 19.1 Å². The molecule has 0 aliphatic rings. The number of halogens is 2. The Morgan fingerprint density at radius 2 is 2.00 bits per heavy atom. The van der Waals surface area contributed by atoms with Crippen molar-refractivity contribution >= 4 is 28.5 Å². The van der Waals surface area contributed by atoms with E-state index in [0.29, 0.717) is 28.8 Å². The third-order valence-corrected chi connectivity index (χ3v) is 5.44. The molecular weight excluding hydrogens is 393 g/mol. The average Bonchev–Trinajstić information content (AvgIpc) is 3.02. The molecular formula is C23H25ClFNO3. The van der Waals surface area contributed by atoms with E-state index >= 15 is 0 Å². The highest BCUT2D eigenvalue weighted by atomic mass is 35.5. The Balaban J connectivity index is 1.72. The molecule has 1 atom stereocenters. The molecule has 0 spiro atoms. The van der Waals surface area contributed by atoms with Crippen molar-refractivity contribution in [1.29, 1.82) is 0 Å².